The molecule has 0 unspecified atom stereocenters. The van der Waals surface area contributed by atoms with Gasteiger partial charge in [-0.3, -0.25) is 4.90 Å². The van der Waals surface area contributed by atoms with Crippen LogP contribution < -0.4 is 15.4 Å². The number of nitrogens with zero attached hydrogens (tertiary/aromatic N) is 4. The van der Waals surface area contributed by atoms with E-state index in [1.54, 1.807) is 13.4 Å². The summed E-state index contributed by atoms with van der Waals surface area (Å²) in [5.74, 6) is 8.50. The van der Waals surface area contributed by atoms with Crippen LogP contribution in [0.2, 0.25) is 0 Å². The number of H-pyrrole nitrogens is 1. The summed E-state index contributed by atoms with van der Waals surface area (Å²) in [7, 11) is -1.27. The zero-order chi connectivity index (χ0) is 25.0. The van der Waals surface area contributed by atoms with E-state index in [2.05, 4.69) is 42.3 Å². The van der Waals surface area contributed by atoms with E-state index in [4.69, 9.17) is 9.72 Å². The number of fused-ring (bicyclic) bond motifs is 1. The van der Waals surface area contributed by atoms with Gasteiger partial charge in [-0.25, -0.2) is 13.4 Å². The van der Waals surface area contributed by atoms with Gasteiger partial charge in [0.15, 0.2) is 21.3 Å². The molecule has 5 rings (SSSR count). The highest BCUT2D eigenvalue weighted by Crippen LogP contribution is 2.30. The topological polar surface area (TPSA) is 125 Å². The lowest BCUT2D eigenvalue weighted by Gasteiger charge is -2.24. The molecule has 2 aromatic heterocycles. The second-order valence-corrected chi connectivity index (χ2v) is 11.5. The van der Waals surface area contributed by atoms with E-state index in [-0.39, 0.29) is 11.5 Å². The Morgan fingerprint density at radius 3 is 2.75 bits per heavy atom. The van der Waals surface area contributed by atoms with Gasteiger partial charge in [0.2, 0.25) is 5.95 Å². The molecule has 1 aliphatic carbocycles. The summed E-state index contributed by atoms with van der Waals surface area (Å²) in [6.45, 7) is 1.59. The van der Waals surface area contributed by atoms with Gasteiger partial charge in [0.1, 0.15) is 11.3 Å². The molecule has 36 heavy (non-hydrogen) atoms. The summed E-state index contributed by atoms with van der Waals surface area (Å²) >= 11 is 0. The van der Waals surface area contributed by atoms with Crippen molar-refractivity contribution in [1.82, 2.24) is 24.8 Å². The number of hydrogen-bond donors (Lipinski definition) is 3. The van der Waals surface area contributed by atoms with Crippen molar-refractivity contribution in [3.8, 4) is 17.6 Å². The molecule has 0 atom stereocenters. The fraction of sp³-hybridized carbons (Fsp3) is 0.480. The van der Waals surface area contributed by atoms with Crippen LogP contribution in [0.4, 0.5) is 17.5 Å². The van der Waals surface area contributed by atoms with Gasteiger partial charge in [-0.1, -0.05) is 31.1 Å². The normalized spacial score (nSPS) is 18.4. The smallest absolute Gasteiger partial charge is 0.231 e. The lowest BCUT2D eigenvalue weighted by molar-refractivity contribution is 0.332. The van der Waals surface area contributed by atoms with Gasteiger partial charge in [-0.2, -0.15) is 9.97 Å². The number of anilines is 3. The first-order valence-corrected chi connectivity index (χ1v) is 14.2. The van der Waals surface area contributed by atoms with Gasteiger partial charge in [0.25, 0.3) is 0 Å². The Morgan fingerprint density at radius 2 is 1.97 bits per heavy atom. The summed E-state index contributed by atoms with van der Waals surface area (Å²) in [4.78, 5) is 18.8. The molecule has 0 bridgehead atoms. The zero-order valence-corrected chi connectivity index (χ0v) is 21.2. The molecule has 10 nitrogen and oxygen atoms in total. The number of nitrogens with one attached hydrogen (secondary N) is 3. The first-order valence-electron chi connectivity index (χ1n) is 12.3. The molecule has 0 amide bonds. The number of ether oxygens (including phenoxy) is 1. The number of benzene rings is 1. The quantitative estimate of drug-likeness (QED) is 0.430. The van der Waals surface area contributed by atoms with Crippen LogP contribution >= 0.6 is 0 Å². The van der Waals surface area contributed by atoms with Crippen molar-refractivity contribution in [2.45, 2.75) is 38.1 Å². The van der Waals surface area contributed by atoms with Crippen molar-refractivity contribution in [3.63, 3.8) is 0 Å². The predicted molar refractivity (Wildman–Crippen MR) is 140 cm³/mol. The molecule has 1 saturated heterocycles. The Balaban J connectivity index is 1.30. The molecular weight excluding hydrogens is 478 g/mol. The van der Waals surface area contributed by atoms with Crippen LogP contribution in [0.1, 0.15) is 37.7 Å². The van der Waals surface area contributed by atoms with Gasteiger partial charge >= 0.3 is 0 Å². The average Bonchev–Trinajstić information content (AvgIpc) is 3.35. The molecule has 2 aliphatic rings. The van der Waals surface area contributed by atoms with E-state index >= 15 is 0 Å². The molecule has 3 aromatic rings. The fourth-order valence-electron chi connectivity index (χ4n) is 4.59. The predicted octanol–water partition coefficient (Wildman–Crippen LogP) is 2.93. The molecule has 2 fully saturated rings. The highest BCUT2D eigenvalue weighted by Gasteiger charge is 2.21. The highest BCUT2D eigenvalue weighted by molar-refractivity contribution is 7.91. The Kier molecular flexibility index (Phi) is 7.25. The molecule has 1 saturated carbocycles. The number of aromatic amines is 1. The van der Waals surface area contributed by atoms with Crippen LogP contribution in [0.3, 0.4) is 0 Å². The third-order valence-electron chi connectivity index (χ3n) is 6.65. The Bertz CT molecular complexity index is 1370. The van der Waals surface area contributed by atoms with Gasteiger partial charge in [0.05, 0.1) is 37.2 Å². The van der Waals surface area contributed by atoms with Crippen molar-refractivity contribution in [2.75, 3.05) is 48.9 Å². The zero-order valence-electron chi connectivity index (χ0n) is 20.4. The van der Waals surface area contributed by atoms with Gasteiger partial charge in [-0.05, 0) is 31.0 Å². The molecule has 3 N–H and O–H groups in total. The van der Waals surface area contributed by atoms with Crippen LogP contribution in [-0.2, 0) is 9.84 Å². The lowest BCUT2D eigenvalue weighted by Crippen LogP contribution is -2.40. The molecular formula is C25H31N7O3S. The number of aromatic nitrogens is 4. The summed E-state index contributed by atoms with van der Waals surface area (Å²) < 4.78 is 28.8. The number of rotatable bonds is 6. The second-order valence-electron chi connectivity index (χ2n) is 9.25. The standard InChI is InChI=1S/C25H31N7O3S/c1-35-21-16-18(6-5-11-32-12-14-36(33,34)15-13-32)9-10-20(21)29-25-30-23-22(26-17-27-23)24(31-25)28-19-7-3-2-4-8-19/h9-10,16-17,19H,2-4,7-8,11-15H2,1H3,(H3,26,27,28,29,30,31). The number of methoxy groups -OCH3 is 1. The second kappa shape index (κ2) is 10.7. The largest absolute Gasteiger partial charge is 0.495 e. The van der Waals surface area contributed by atoms with Crippen LogP contribution in [-0.4, -0.2) is 77.5 Å². The molecule has 190 valence electrons. The van der Waals surface area contributed by atoms with E-state index in [0.717, 1.165) is 35.4 Å². The molecule has 1 aromatic carbocycles. The van der Waals surface area contributed by atoms with E-state index in [1.165, 1.54) is 19.3 Å². The van der Waals surface area contributed by atoms with E-state index in [9.17, 15) is 8.42 Å². The third-order valence-corrected chi connectivity index (χ3v) is 8.26. The maximum atomic E-state index is 11.6. The average molecular weight is 510 g/mol. The van der Waals surface area contributed by atoms with Crippen molar-refractivity contribution in [1.29, 1.82) is 0 Å². The minimum absolute atomic E-state index is 0.201. The van der Waals surface area contributed by atoms with Gasteiger partial charge < -0.3 is 20.4 Å². The van der Waals surface area contributed by atoms with Crippen molar-refractivity contribution in [3.05, 3.63) is 30.1 Å². The first-order chi connectivity index (χ1) is 17.5. The molecule has 0 radical (unpaired) electrons. The van der Waals surface area contributed by atoms with Crippen LogP contribution in [0, 0.1) is 11.8 Å². The van der Waals surface area contributed by atoms with E-state index in [1.807, 2.05) is 18.2 Å². The van der Waals surface area contributed by atoms with Gasteiger partial charge in [0, 0.05) is 24.7 Å². The van der Waals surface area contributed by atoms with Crippen molar-refractivity contribution in [2.24, 2.45) is 0 Å². The van der Waals surface area contributed by atoms with Gasteiger partial charge in [-0.15, -0.1) is 0 Å². The third kappa shape index (κ3) is 5.88. The maximum absolute atomic E-state index is 11.6. The summed E-state index contributed by atoms with van der Waals surface area (Å²) in [6, 6.07) is 6.06. The van der Waals surface area contributed by atoms with Crippen molar-refractivity contribution >= 4 is 38.5 Å². The molecule has 3 heterocycles. The minimum atomic E-state index is -2.89. The number of sulfone groups is 1. The summed E-state index contributed by atoms with van der Waals surface area (Å²) in [6.07, 6.45) is 7.65. The SMILES string of the molecule is COc1cc(C#CCN2CCS(=O)(=O)CC2)ccc1Nc1nc(NC2CCCCC2)c2[nH]cnc2n1. The molecule has 0 spiro atoms. The Hall–Kier alpha value is -3.36. The van der Waals surface area contributed by atoms with Crippen LogP contribution in [0.15, 0.2) is 24.5 Å². The van der Waals surface area contributed by atoms with E-state index < -0.39 is 9.84 Å². The number of hydrogen-bond acceptors (Lipinski definition) is 9. The van der Waals surface area contributed by atoms with E-state index in [0.29, 0.717) is 43.0 Å². The first kappa shape index (κ1) is 24.3. The minimum Gasteiger partial charge on any atom is -0.495 e. The summed E-state index contributed by atoms with van der Waals surface area (Å²) in [5.41, 5.74) is 2.93. The highest BCUT2D eigenvalue weighted by atomic mass is 32.2. The van der Waals surface area contributed by atoms with Crippen LogP contribution in [0.5, 0.6) is 5.75 Å². The Labute approximate surface area is 211 Å². The maximum Gasteiger partial charge on any atom is 0.231 e. The number of imidazole rings is 1. The van der Waals surface area contributed by atoms with Crippen molar-refractivity contribution < 1.29 is 13.2 Å². The van der Waals surface area contributed by atoms with Crippen LogP contribution in [0.25, 0.3) is 11.2 Å². The fourth-order valence-corrected chi connectivity index (χ4v) is 5.87. The summed E-state index contributed by atoms with van der Waals surface area (Å²) in [5, 5.41) is 6.85. The molecule has 11 heteroatoms. The molecule has 1 aliphatic heterocycles. The Morgan fingerprint density at radius 1 is 1.17 bits per heavy atom. The monoisotopic (exact) mass is 509 g/mol. The lowest BCUT2D eigenvalue weighted by atomic mass is 9.95.